The van der Waals surface area contributed by atoms with E-state index in [1.54, 1.807) is 20.3 Å². The number of ether oxygens (including phenoxy) is 2. The predicted molar refractivity (Wildman–Crippen MR) is 61.3 cm³/mol. The van der Waals surface area contributed by atoms with Gasteiger partial charge in [0.15, 0.2) is 0 Å². The van der Waals surface area contributed by atoms with Gasteiger partial charge in [-0.05, 0) is 18.6 Å². The first kappa shape index (κ1) is 11.6. The Morgan fingerprint density at radius 1 is 1.33 bits per heavy atom. The van der Waals surface area contributed by atoms with Gasteiger partial charge in [0.2, 0.25) is 0 Å². The molecule has 1 aromatic rings. The van der Waals surface area contributed by atoms with Gasteiger partial charge < -0.3 is 15.2 Å². The molecule has 0 saturated carbocycles. The highest BCUT2D eigenvalue weighted by molar-refractivity contribution is 5.47. The van der Waals surface area contributed by atoms with Crippen LogP contribution in [0, 0.1) is 0 Å². The molecule has 3 nitrogen and oxygen atoms in total. The van der Waals surface area contributed by atoms with Gasteiger partial charge in [0.25, 0.3) is 0 Å². The number of benzene rings is 1. The van der Waals surface area contributed by atoms with Crippen LogP contribution in [0.15, 0.2) is 30.9 Å². The van der Waals surface area contributed by atoms with Crippen molar-refractivity contribution in [3.63, 3.8) is 0 Å². The second-order valence-corrected chi connectivity index (χ2v) is 3.21. The first-order valence-corrected chi connectivity index (χ1v) is 4.82. The maximum atomic E-state index is 6.03. The van der Waals surface area contributed by atoms with Gasteiger partial charge in [-0.1, -0.05) is 12.1 Å². The Bertz CT molecular complexity index is 314. The zero-order valence-electron chi connectivity index (χ0n) is 9.19. The molecule has 0 heterocycles. The zero-order valence-corrected chi connectivity index (χ0v) is 9.19. The van der Waals surface area contributed by atoms with Crippen molar-refractivity contribution in [2.45, 2.75) is 12.5 Å². The smallest absolute Gasteiger partial charge is 0.127 e. The number of hydrogen-bond acceptors (Lipinski definition) is 3. The molecule has 15 heavy (non-hydrogen) atoms. The molecule has 3 heteroatoms. The van der Waals surface area contributed by atoms with Gasteiger partial charge in [-0.2, -0.15) is 0 Å². The summed E-state index contributed by atoms with van der Waals surface area (Å²) in [7, 11) is 3.25. The first-order chi connectivity index (χ1) is 7.24. The van der Waals surface area contributed by atoms with Crippen molar-refractivity contribution in [2.24, 2.45) is 5.73 Å². The van der Waals surface area contributed by atoms with Crippen LogP contribution >= 0.6 is 0 Å². The van der Waals surface area contributed by atoms with Crippen molar-refractivity contribution < 1.29 is 9.47 Å². The van der Waals surface area contributed by atoms with E-state index in [1.807, 2.05) is 18.2 Å². The third-order valence-electron chi connectivity index (χ3n) is 2.26. The molecular weight excluding hydrogens is 190 g/mol. The average molecular weight is 207 g/mol. The second-order valence-electron chi connectivity index (χ2n) is 3.21. The SMILES string of the molecule is C=CC[C@H](N)c1c(OC)cccc1OC. The van der Waals surface area contributed by atoms with Crippen LogP contribution in [-0.2, 0) is 0 Å². The van der Waals surface area contributed by atoms with Crippen LogP contribution < -0.4 is 15.2 Å². The van der Waals surface area contributed by atoms with E-state index < -0.39 is 0 Å². The van der Waals surface area contributed by atoms with E-state index in [0.717, 1.165) is 17.1 Å². The first-order valence-electron chi connectivity index (χ1n) is 4.82. The lowest BCUT2D eigenvalue weighted by atomic mass is 10.0. The van der Waals surface area contributed by atoms with Gasteiger partial charge in [0, 0.05) is 6.04 Å². The minimum atomic E-state index is -0.145. The van der Waals surface area contributed by atoms with Crippen molar-refractivity contribution in [3.05, 3.63) is 36.4 Å². The lowest BCUT2D eigenvalue weighted by molar-refractivity contribution is 0.379. The molecule has 0 amide bonds. The highest BCUT2D eigenvalue weighted by Gasteiger charge is 2.15. The molecule has 0 bridgehead atoms. The van der Waals surface area contributed by atoms with E-state index in [-0.39, 0.29) is 6.04 Å². The van der Waals surface area contributed by atoms with E-state index >= 15 is 0 Å². The molecule has 2 N–H and O–H groups in total. The number of rotatable bonds is 5. The molecule has 0 aliphatic heterocycles. The van der Waals surface area contributed by atoms with Gasteiger partial charge in [0.1, 0.15) is 11.5 Å². The summed E-state index contributed by atoms with van der Waals surface area (Å²) >= 11 is 0. The predicted octanol–water partition coefficient (Wildman–Crippen LogP) is 2.28. The molecule has 0 aliphatic rings. The summed E-state index contributed by atoms with van der Waals surface area (Å²) in [5, 5.41) is 0. The Kier molecular flexibility index (Phi) is 4.18. The molecule has 0 fully saturated rings. The summed E-state index contributed by atoms with van der Waals surface area (Å²) in [6.07, 6.45) is 2.48. The maximum Gasteiger partial charge on any atom is 0.127 e. The average Bonchev–Trinajstić information content (AvgIpc) is 2.28. The van der Waals surface area contributed by atoms with Crippen LogP contribution in [0.2, 0.25) is 0 Å². The number of nitrogens with two attached hydrogens (primary N) is 1. The van der Waals surface area contributed by atoms with Crippen molar-refractivity contribution in [1.29, 1.82) is 0 Å². The Hall–Kier alpha value is -1.48. The van der Waals surface area contributed by atoms with Crippen LogP contribution in [0.5, 0.6) is 11.5 Å². The lowest BCUT2D eigenvalue weighted by Gasteiger charge is -2.17. The molecule has 0 aliphatic carbocycles. The van der Waals surface area contributed by atoms with Gasteiger partial charge in [-0.25, -0.2) is 0 Å². The van der Waals surface area contributed by atoms with Crippen LogP contribution in [0.25, 0.3) is 0 Å². The molecule has 0 saturated heterocycles. The Morgan fingerprint density at radius 2 is 1.87 bits per heavy atom. The quantitative estimate of drug-likeness (QED) is 0.753. The van der Waals surface area contributed by atoms with Gasteiger partial charge in [-0.3, -0.25) is 0 Å². The molecule has 0 aromatic heterocycles. The summed E-state index contributed by atoms with van der Waals surface area (Å²) < 4.78 is 10.5. The minimum absolute atomic E-state index is 0.145. The van der Waals surface area contributed by atoms with Crippen LogP contribution in [0.1, 0.15) is 18.0 Å². The summed E-state index contributed by atoms with van der Waals surface area (Å²) in [4.78, 5) is 0. The molecule has 1 aromatic carbocycles. The fourth-order valence-electron chi connectivity index (χ4n) is 1.54. The molecule has 1 rings (SSSR count). The van der Waals surface area contributed by atoms with E-state index in [1.165, 1.54) is 0 Å². The van der Waals surface area contributed by atoms with Gasteiger partial charge >= 0.3 is 0 Å². The Morgan fingerprint density at radius 3 is 2.27 bits per heavy atom. The molecular formula is C12H17NO2. The van der Waals surface area contributed by atoms with E-state index in [9.17, 15) is 0 Å². The maximum absolute atomic E-state index is 6.03. The molecule has 1 atom stereocenters. The fourth-order valence-corrected chi connectivity index (χ4v) is 1.54. The largest absolute Gasteiger partial charge is 0.496 e. The van der Waals surface area contributed by atoms with E-state index in [2.05, 4.69) is 6.58 Å². The van der Waals surface area contributed by atoms with Crippen LogP contribution in [0.4, 0.5) is 0 Å². The Balaban J connectivity index is 3.14. The molecule has 0 unspecified atom stereocenters. The topological polar surface area (TPSA) is 44.5 Å². The van der Waals surface area contributed by atoms with Crippen LogP contribution in [0.3, 0.4) is 0 Å². The molecule has 0 spiro atoms. The number of methoxy groups -OCH3 is 2. The highest BCUT2D eigenvalue weighted by atomic mass is 16.5. The van der Waals surface area contributed by atoms with Gasteiger partial charge in [-0.15, -0.1) is 6.58 Å². The zero-order chi connectivity index (χ0) is 11.3. The summed E-state index contributed by atoms with van der Waals surface area (Å²) in [6.45, 7) is 3.68. The highest BCUT2D eigenvalue weighted by Crippen LogP contribution is 2.34. The fraction of sp³-hybridized carbons (Fsp3) is 0.333. The Labute approximate surface area is 90.5 Å². The molecule has 82 valence electrons. The molecule has 0 radical (unpaired) electrons. The summed E-state index contributed by atoms with van der Waals surface area (Å²) in [5.41, 5.74) is 6.92. The number of hydrogen-bond donors (Lipinski definition) is 1. The van der Waals surface area contributed by atoms with Crippen molar-refractivity contribution in [1.82, 2.24) is 0 Å². The van der Waals surface area contributed by atoms with Crippen molar-refractivity contribution in [2.75, 3.05) is 14.2 Å². The summed E-state index contributed by atoms with van der Waals surface area (Å²) in [5.74, 6) is 1.51. The summed E-state index contributed by atoms with van der Waals surface area (Å²) in [6, 6.07) is 5.48. The standard InChI is InChI=1S/C12H17NO2/c1-4-6-9(13)12-10(14-2)7-5-8-11(12)15-3/h4-5,7-9H,1,6,13H2,2-3H3/t9-/m0/s1. The third kappa shape index (κ3) is 2.50. The monoisotopic (exact) mass is 207 g/mol. The normalized spacial score (nSPS) is 11.9. The van der Waals surface area contributed by atoms with E-state index in [0.29, 0.717) is 6.42 Å². The van der Waals surface area contributed by atoms with Crippen LogP contribution in [-0.4, -0.2) is 14.2 Å². The second kappa shape index (κ2) is 5.41. The van der Waals surface area contributed by atoms with Crippen molar-refractivity contribution in [3.8, 4) is 11.5 Å². The van der Waals surface area contributed by atoms with Crippen molar-refractivity contribution >= 4 is 0 Å². The van der Waals surface area contributed by atoms with E-state index in [4.69, 9.17) is 15.2 Å². The van der Waals surface area contributed by atoms with Gasteiger partial charge in [0.05, 0.1) is 19.8 Å². The lowest BCUT2D eigenvalue weighted by Crippen LogP contribution is -2.12. The third-order valence-corrected chi connectivity index (χ3v) is 2.26. The minimum Gasteiger partial charge on any atom is -0.496 e.